The molecule has 0 saturated heterocycles. The van der Waals surface area contributed by atoms with Gasteiger partial charge in [-0.15, -0.1) is 0 Å². The van der Waals surface area contributed by atoms with E-state index < -0.39 is 0 Å². The summed E-state index contributed by atoms with van der Waals surface area (Å²) in [4.78, 5) is 6.69. The van der Waals surface area contributed by atoms with E-state index in [1.54, 1.807) is 6.07 Å². The van der Waals surface area contributed by atoms with Crippen LogP contribution in [0.5, 0.6) is 0 Å². The third-order valence-electron chi connectivity index (χ3n) is 3.50. The second kappa shape index (κ2) is 9.03. The molecule has 0 aromatic carbocycles. The Morgan fingerprint density at radius 3 is 2.50 bits per heavy atom. The van der Waals surface area contributed by atoms with Crippen molar-refractivity contribution < 1.29 is 4.39 Å². The third kappa shape index (κ3) is 5.55. The third-order valence-corrected chi connectivity index (χ3v) is 3.50. The van der Waals surface area contributed by atoms with Crippen molar-refractivity contribution in [1.29, 1.82) is 0 Å². The smallest absolute Gasteiger partial charge is 0.141 e. The molecule has 0 aliphatic carbocycles. The Hall–Kier alpha value is -1.00. The number of halogens is 1. The maximum atomic E-state index is 13.0. The van der Waals surface area contributed by atoms with Gasteiger partial charge < -0.3 is 10.2 Å². The summed E-state index contributed by atoms with van der Waals surface area (Å²) < 4.78 is 13.0. The highest BCUT2D eigenvalue weighted by molar-refractivity contribution is 5.10. The van der Waals surface area contributed by atoms with E-state index in [0.29, 0.717) is 6.04 Å². The summed E-state index contributed by atoms with van der Waals surface area (Å²) in [5.74, 6) is -0.279. The predicted octanol–water partition coefficient (Wildman–Crippen LogP) is 3.38. The fourth-order valence-electron chi connectivity index (χ4n) is 2.40. The molecule has 1 N–H and O–H groups in total. The number of nitrogens with one attached hydrogen (secondary N) is 1. The van der Waals surface area contributed by atoms with Gasteiger partial charge in [0.1, 0.15) is 5.82 Å². The van der Waals surface area contributed by atoms with Crippen molar-refractivity contribution in [2.24, 2.45) is 0 Å². The van der Waals surface area contributed by atoms with Crippen molar-refractivity contribution in [2.45, 2.75) is 52.6 Å². The monoisotopic (exact) mass is 281 g/mol. The average molecular weight is 281 g/mol. The Morgan fingerprint density at radius 2 is 2.00 bits per heavy atom. The van der Waals surface area contributed by atoms with Gasteiger partial charge in [0.25, 0.3) is 0 Å². The van der Waals surface area contributed by atoms with Gasteiger partial charge in [0.15, 0.2) is 0 Å². The normalized spacial score (nSPS) is 13.2. The van der Waals surface area contributed by atoms with Crippen molar-refractivity contribution in [2.75, 3.05) is 19.6 Å². The Balaban J connectivity index is 2.64. The topological polar surface area (TPSA) is 28.2 Å². The van der Waals surface area contributed by atoms with Crippen LogP contribution in [0.1, 0.15) is 52.3 Å². The first-order valence-electron chi connectivity index (χ1n) is 7.67. The molecule has 4 heteroatoms. The van der Waals surface area contributed by atoms with Gasteiger partial charge in [0.05, 0.1) is 17.9 Å². The molecule has 20 heavy (non-hydrogen) atoms. The van der Waals surface area contributed by atoms with Crippen LogP contribution in [0.3, 0.4) is 0 Å². The Bertz CT molecular complexity index is 364. The molecule has 0 spiro atoms. The van der Waals surface area contributed by atoms with Gasteiger partial charge in [0, 0.05) is 12.6 Å². The first kappa shape index (κ1) is 17.1. The molecule has 0 saturated carbocycles. The van der Waals surface area contributed by atoms with E-state index in [4.69, 9.17) is 0 Å². The standard InChI is InChI=1S/C16H28FN3/c1-5-10-20(13(3)4)11-9-16(18-6-2)15-8-7-14(17)12-19-15/h7-8,12-13,16,18H,5-6,9-11H2,1-4H3. The molecule has 0 aliphatic heterocycles. The number of hydrogen-bond acceptors (Lipinski definition) is 3. The van der Waals surface area contributed by atoms with Crippen molar-refractivity contribution in [3.63, 3.8) is 0 Å². The second-order valence-corrected chi connectivity index (χ2v) is 5.43. The fourth-order valence-corrected chi connectivity index (χ4v) is 2.40. The van der Waals surface area contributed by atoms with Gasteiger partial charge in [-0.1, -0.05) is 13.8 Å². The van der Waals surface area contributed by atoms with Crippen LogP contribution in [0.15, 0.2) is 18.3 Å². The molecule has 1 aromatic rings. The number of aromatic nitrogens is 1. The van der Waals surface area contributed by atoms with Gasteiger partial charge in [-0.2, -0.15) is 0 Å². The number of hydrogen-bond donors (Lipinski definition) is 1. The summed E-state index contributed by atoms with van der Waals surface area (Å²) in [5, 5.41) is 3.44. The van der Waals surface area contributed by atoms with Gasteiger partial charge in [0.2, 0.25) is 0 Å². The van der Waals surface area contributed by atoms with Crippen molar-refractivity contribution in [1.82, 2.24) is 15.2 Å². The Morgan fingerprint density at radius 1 is 1.25 bits per heavy atom. The van der Waals surface area contributed by atoms with Crippen molar-refractivity contribution in [3.8, 4) is 0 Å². The molecule has 114 valence electrons. The minimum absolute atomic E-state index is 0.193. The van der Waals surface area contributed by atoms with Crippen LogP contribution in [0.25, 0.3) is 0 Å². The quantitative estimate of drug-likeness (QED) is 0.752. The minimum Gasteiger partial charge on any atom is -0.309 e. The number of nitrogens with zero attached hydrogens (tertiary/aromatic N) is 2. The largest absolute Gasteiger partial charge is 0.309 e. The van der Waals surface area contributed by atoms with E-state index in [2.05, 4.69) is 42.9 Å². The zero-order valence-electron chi connectivity index (χ0n) is 13.2. The van der Waals surface area contributed by atoms with Crippen LogP contribution in [-0.4, -0.2) is 35.6 Å². The van der Waals surface area contributed by atoms with E-state index >= 15 is 0 Å². The molecule has 0 bridgehead atoms. The lowest BCUT2D eigenvalue weighted by Crippen LogP contribution is -2.35. The van der Waals surface area contributed by atoms with Crippen LogP contribution in [0.2, 0.25) is 0 Å². The molecule has 3 nitrogen and oxygen atoms in total. The van der Waals surface area contributed by atoms with Crippen LogP contribution in [0.4, 0.5) is 4.39 Å². The molecule has 1 aromatic heterocycles. The van der Waals surface area contributed by atoms with Crippen molar-refractivity contribution >= 4 is 0 Å². The van der Waals surface area contributed by atoms with Crippen LogP contribution in [-0.2, 0) is 0 Å². The van der Waals surface area contributed by atoms with Gasteiger partial charge in [-0.05, 0) is 51.9 Å². The first-order chi connectivity index (χ1) is 9.58. The van der Waals surface area contributed by atoms with Gasteiger partial charge in [-0.25, -0.2) is 4.39 Å². The van der Waals surface area contributed by atoms with E-state index in [1.807, 2.05) is 0 Å². The molecule has 1 unspecified atom stereocenters. The summed E-state index contributed by atoms with van der Waals surface area (Å²) in [6.07, 6.45) is 3.45. The molecular formula is C16H28FN3. The average Bonchev–Trinajstić information content (AvgIpc) is 2.42. The molecule has 1 heterocycles. The second-order valence-electron chi connectivity index (χ2n) is 5.43. The maximum Gasteiger partial charge on any atom is 0.141 e. The van der Waals surface area contributed by atoms with E-state index in [-0.39, 0.29) is 11.9 Å². The van der Waals surface area contributed by atoms with Crippen LogP contribution in [0, 0.1) is 5.82 Å². The minimum atomic E-state index is -0.279. The van der Waals surface area contributed by atoms with Gasteiger partial charge >= 0.3 is 0 Å². The van der Waals surface area contributed by atoms with Crippen LogP contribution < -0.4 is 5.32 Å². The van der Waals surface area contributed by atoms with Gasteiger partial charge in [-0.3, -0.25) is 4.98 Å². The Labute approximate surface area is 122 Å². The lowest BCUT2D eigenvalue weighted by Gasteiger charge is -2.28. The lowest BCUT2D eigenvalue weighted by molar-refractivity contribution is 0.209. The van der Waals surface area contributed by atoms with Crippen molar-refractivity contribution in [3.05, 3.63) is 29.8 Å². The highest BCUT2D eigenvalue weighted by Gasteiger charge is 2.15. The first-order valence-corrected chi connectivity index (χ1v) is 7.67. The van der Waals surface area contributed by atoms with E-state index in [0.717, 1.165) is 31.7 Å². The summed E-state index contributed by atoms with van der Waals surface area (Å²) >= 11 is 0. The summed E-state index contributed by atoms with van der Waals surface area (Å²) in [5.41, 5.74) is 0.924. The SMILES string of the molecule is CCCN(CCC(NCC)c1ccc(F)cn1)C(C)C. The molecular weight excluding hydrogens is 253 g/mol. The summed E-state index contributed by atoms with van der Waals surface area (Å²) in [7, 11) is 0. The zero-order valence-corrected chi connectivity index (χ0v) is 13.2. The van der Waals surface area contributed by atoms with E-state index in [1.165, 1.54) is 18.7 Å². The summed E-state index contributed by atoms with van der Waals surface area (Å²) in [6, 6.07) is 4.01. The fraction of sp³-hybridized carbons (Fsp3) is 0.688. The molecule has 1 atom stereocenters. The van der Waals surface area contributed by atoms with Crippen LogP contribution >= 0.6 is 0 Å². The number of pyridine rings is 1. The molecule has 1 rings (SSSR count). The molecule has 0 fully saturated rings. The maximum absolute atomic E-state index is 13.0. The number of rotatable bonds is 9. The molecule has 0 amide bonds. The highest BCUT2D eigenvalue weighted by atomic mass is 19.1. The molecule has 0 aliphatic rings. The summed E-state index contributed by atoms with van der Waals surface area (Å²) in [6.45, 7) is 11.8. The Kier molecular flexibility index (Phi) is 7.70. The molecule has 0 radical (unpaired) electrons. The predicted molar refractivity (Wildman–Crippen MR) is 82.2 cm³/mol. The zero-order chi connectivity index (χ0) is 15.0. The highest BCUT2D eigenvalue weighted by Crippen LogP contribution is 2.16. The van der Waals surface area contributed by atoms with E-state index in [9.17, 15) is 4.39 Å². The lowest BCUT2D eigenvalue weighted by atomic mass is 10.1.